The van der Waals surface area contributed by atoms with Gasteiger partial charge in [-0.05, 0) is 108 Å². The molecule has 14 nitrogen and oxygen atoms in total. The summed E-state index contributed by atoms with van der Waals surface area (Å²) in [5.74, 6) is -7.98. The standard InChI is InChI=1S/2C17H14O5.4C5H5N.2Mn/c2*1-10-7-12(16(20)13(8-10)17(21)22)15(19)9-14(18)11-5-3-2-4-6-11;4*1-2-4-6-5-3-1;;/h2*2-9,19-20H,1H3,(H,21,22);4*1-5H;;/q;;;;;;2*+3/p-6/b2*15-9-;;;;;;. The first-order valence-electron chi connectivity index (χ1n) is 20.2. The molecule has 0 unspecified atom stereocenters. The number of hydrogen-bond acceptors (Lipinski definition) is 14. The van der Waals surface area contributed by atoms with Crippen molar-refractivity contribution in [2.24, 2.45) is 0 Å². The number of carboxylic acids is 2. The molecular formula is C54H42Mn2N4O10. The van der Waals surface area contributed by atoms with Crippen LogP contribution in [-0.4, -0.2) is 43.4 Å². The van der Waals surface area contributed by atoms with Gasteiger partial charge in [-0.3, -0.25) is 29.5 Å². The second-order valence-electron chi connectivity index (χ2n) is 13.5. The van der Waals surface area contributed by atoms with E-state index in [1.165, 1.54) is 36.4 Å². The van der Waals surface area contributed by atoms with Crippen LogP contribution in [0.15, 0.2) is 219 Å². The molecule has 0 saturated carbocycles. The van der Waals surface area contributed by atoms with Crippen molar-refractivity contribution in [2.45, 2.75) is 13.8 Å². The van der Waals surface area contributed by atoms with Gasteiger partial charge in [0.15, 0.2) is 11.6 Å². The number of aromatic carboxylic acids is 2. The van der Waals surface area contributed by atoms with Gasteiger partial charge in [0.25, 0.3) is 0 Å². The van der Waals surface area contributed by atoms with E-state index in [0.717, 1.165) is 24.3 Å². The zero-order valence-electron chi connectivity index (χ0n) is 37.4. The average molecular weight is 1020 g/mol. The molecule has 0 N–H and O–H groups in total. The van der Waals surface area contributed by atoms with Crippen molar-refractivity contribution in [1.29, 1.82) is 0 Å². The van der Waals surface area contributed by atoms with E-state index in [4.69, 9.17) is 0 Å². The minimum absolute atomic E-state index is 0. The van der Waals surface area contributed by atoms with Crippen LogP contribution in [0.5, 0.6) is 11.5 Å². The SMILES string of the molecule is Cc1cc(C(=O)[O-])c([O-])c(/C([O-])=C/C(=O)c2ccccc2)c1.Cc1cc(C(=O)[O-])c([O-])c(/C([O-])=C/C(=O)c2ccccc2)c1.[Mn+3].[Mn+3].c1ccncc1.c1ccncc1.c1ccncc1.c1ccncc1. The maximum atomic E-state index is 12.1. The first-order chi connectivity index (χ1) is 32.8. The van der Waals surface area contributed by atoms with Gasteiger partial charge in [0, 0.05) is 60.7 Å². The van der Waals surface area contributed by atoms with Crippen molar-refractivity contribution in [3.05, 3.63) is 264 Å². The number of allylic oxidation sites excluding steroid dienone is 2. The zero-order valence-corrected chi connectivity index (χ0v) is 39.8. The maximum absolute atomic E-state index is 12.1. The van der Waals surface area contributed by atoms with E-state index < -0.39 is 57.6 Å². The summed E-state index contributed by atoms with van der Waals surface area (Å²) in [6.45, 7) is 3.09. The third-order valence-electron chi connectivity index (χ3n) is 8.34. The Hall–Kier alpha value is -8.52. The zero-order chi connectivity index (χ0) is 49.5. The van der Waals surface area contributed by atoms with Crippen LogP contribution in [-0.2, 0) is 34.1 Å². The molecule has 0 spiro atoms. The fraction of sp³-hybridized carbons (Fsp3) is 0.0370. The van der Waals surface area contributed by atoms with Crippen LogP contribution >= 0.6 is 0 Å². The van der Waals surface area contributed by atoms with Crippen molar-refractivity contribution < 1.29 is 84.0 Å². The molecule has 0 radical (unpaired) electrons. The smallest absolute Gasteiger partial charge is 0.872 e. The molecule has 4 heterocycles. The fourth-order valence-electron chi connectivity index (χ4n) is 5.23. The van der Waals surface area contributed by atoms with Crippen LogP contribution in [0.1, 0.15) is 63.7 Å². The minimum atomic E-state index is -1.66. The minimum Gasteiger partial charge on any atom is -0.872 e. The number of nitrogens with zero attached hydrogens (tertiary/aromatic N) is 4. The molecule has 4 aromatic heterocycles. The Labute approximate surface area is 426 Å². The average Bonchev–Trinajstić information content (AvgIpc) is 3.38. The molecule has 0 aliphatic heterocycles. The largest absolute Gasteiger partial charge is 3.00 e. The molecule has 0 aliphatic rings. The van der Waals surface area contributed by atoms with Crippen LogP contribution in [0, 0.1) is 13.8 Å². The molecule has 352 valence electrons. The van der Waals surface area contributed by atoms with E-state index in [0.29, 0.717) is 22.3 Å². The quantitative estimate of drug-likeness (QED) is 0.0888. The molecule has 0 fully saturated rings. The topological polar surface area (TPSA) is 258 Å². The first-order valence-corrected chi connectivity index (χ1v) is 20.2. The van der Waals surface area contributed by atoms with Gasteiger partial charge in [0.2, 0.25) is 0 Å². The van der Waals surface area contributed by atoms with E-state index in [1.54, 1.807) is 99.8 Å². The Bertz CT molecular complexity index is 2460. The van der Waals surface area contributed by atoms with Gasteiger partial charge in [-0.25, -0.2) is 0 Å². The Kier molecular flexibility index (Phi) is 28.8. The third-order valence-corrected chi connectivity index (χ3v) is 8.34. The molecular weight excluding hydrogens is 974 g/mol. The molecule has 4 aromatic carbocycles. The van der Waals surface area contributed by atoms with Crippen molar-refractivity contribution in [1.82, 2.24) is 19.9 Å². The van der Waals surface area contributed by atoms with E-state index in [-0.39, 0.29) is 45.3 Å². The van der Waals surface area contributed by atoms with Crippen molar-refractivity contribution in [3.63, 3.8) is 0 Å². The van der Waals surface area contributed by atoms with Crippen LogP contribution in [0.3, 0.4) is 0 Å². The summed E-state index contributed by atoms with van der Waals surface area (Å²) in [4.78, 5) is 60.8. The van der Waals surface area contributed by atoms with Crippen LogP contribution in [0.2, 0.25) is 0 Å². The van der Waals surface area contributed by atoms with Gasteiger partial charge in [0.05, 0.1) is 11.9 Å². The number of aryl methyl sites for hydroxylation is 2. The molecule has 8 rings (SSSR count). The van der Waals surface area contributed by atoms with Gasteiger partial charge in [-0.1, -0.05) is 132 Å². The maximum Gasteiger partial charge on any atom is 3.00 e. The van der Waals surface area contributed by atoms with Gasteiger partial charge in [0.1, 0.15) is 0 Å². The summed E-state index contributed by atoms with van der Waals surface area (Å²) < 4.78 is 0. The Balaban J connectivity index is 0.000000467. The molecule has 8 aromatic rings. The van der Waals surface area contributed by atoms with Crippen LogP contribution in [0.4, 0.5) is 0 Å². The van der Waals surface area contributed by atoms with Crippen LogP contribution in [0.25, 0.3) is 11.5 Å². The third kappa shape index (κ3) is 22.3. The van der Waals surface area contributed by atoms with Crippen LogP contribution < -0.4 is 30.6 Å². The number of carbonyl (C=O) groups is 4. The second kappa shape index (κ2) is 33.9. The fourth-order valence-corrected chi connectivity index (χ4v) is 5.23. The number of benzene rings is 4. The van der Waals surface area contributed by atoms with E-state index in [9.17, 15) is 49.8 Å². The predicted molar refractivity (Wildman–Crippen MR) is 244 cm³/mol. The van der Waals surface area contributed by atoms with Gasteiger partial charge >= 0.3 is 34.1 Å². The molecule has 0 amide bonds. The summed E-state index contributed by atoms with van der Waals surface area (Å²) in [7, 11) is 0. The number of carbonyl (C=O) groups excluding carboxylic acids is 4. The second-order valence-corrected chi connectivity index (χ2v) is 13.5. The summed E-state index contributed by atoms with van der Waals surface area (Å²) in [6.07, 6.45) is 15.6. The molecule has 0 saturated heterocycles. The number of rotatable bonds is 8. The normalized spacial score (nSPS) is 9.80. The Morgan fingerprint density at radius 2 is 0.600 bits per heavy atom. The predicted octanol–water partition coefficient (Wildman–Crippen LogP) is 4.35. The summed E-state index contributed by atoms with van der Waals surface area (Å²) in [5, 5.41) is 69.9. The number of ketones is 2. The van der Waals surface area contributed by atoms with Crippen molar-refractivity contribution >= 4 is 35.0 Å². The van der Waals surface area contributed by atoms with Gasteiger partial charge < -0.3 is 40.2 Å². The summed E-state index contributed by atoms with van der Waals surface area (Å²) in [5.41, 5.74) is -0.461. The van der Waals surface area contributed by atoms with Crippen molar-refractivity contribution in [2.75, 3.05) is 0 Å². The molecule has 70 heavy (non-hydrogen) atoms. The van der Waals surface area contributed by atoms with Gasteiger partial charge in [-0.2, -0.15) is 0 Å². The first kappa shape index (κ1) is 59.5. The number of carboxylic acid groups (broad SMARTS) is 2. The number of aromatic nitrogens is 4. The van der Waals surface area contributed by atoms with E-state index >= 15 is 0 Å². The number of pyridine rings is 4. The van der Waals surface area contributed by atoms with Gasteiger partial charge in [-0.15, -0.1) is 0 Å². The van der Waals surface area contributed by atoms with E-state index in [1.807, 2.05) is 72.8 Å². The molecule has 0 atom stereocenters. The Morgan fingerprint density at radius 1 is 0.371 bits per heavy atom. The molecule has 0 bridgehead atoms. The molecule has 0 aliphatic carbocycles. The van der Waals surface area contributed by atoms with E-state index in [2.05, 4.69) is 19.9 Å². The number of hydrogen-bond donors (Lipinski definition) is 0. The van der Waals surface area contributed by atoms with Crippen molar-refractivity contribution in [3.8, 4) is 11.5 Å². The summed E-state index contributed by atoms with van der Waals surface area (Å²) >= 11 is 0. The monoisotopic (exact) mass is 1020 g/mol. The molecule has 16 heteroatoms. The Morgan fingerprint density at radius 3 is 0.800 bits per heavy atom. The summed E-state index contributed by atoms with van der Waals surface area (Å²) in [6, 6.07) is 43.8.